The largest absolute Gasteiger partial charge is 0.306 e. The molecule has 5 heteroatoms. The van der Waals surface area contributed by atoms with E-state index in [4.69, 9.17) is 0 Å². The fraction of sp³-hybridized carbons (Fsp3) is 0.500. The quantitative estimate of drug-likeness (QED) is 0.839. The second-order valence-corrected chi connectivity index (χ2v) is 5.08. The van der Waals surface area contributed by atoms with Gasteiger partial charge < -0.3 is 4.57 Å². The number of nitrogens with zero attached hydrogens (tertiary/aromatic N) is 2. The lowest BCUT2D eigenvalue weighted by atomic mass is 9.89. The van der Waals surface area contributed by atoms with Crippen LogP contribution in [0.5, 0.6) is 0 Å². The lowest BCUT2D eigenvalue weighted by Crippen LogP contribution is -2.30. The van der Waals surface area contributed by atoms with E-state index in [-0.39, 0.29) is 18.0 Å². The Kier molecular flexibility index (Phi) is 4.49. The fourth-order valence-corrected chi connectivity index (χ4v) is 2.29. The standard InChI is InChI=1S/C14H19N3O2/c1-11-5-4-6-12(9-11)15-16-13(18)10-17-8-3-2-7-14(17)19/h2-3,7-8,11H,4-6,9-10H2,1H3,(H,16,18)/b15-12-/t11-/m1/s1. The monoisotopic (exact) mass is 261 g/mol. The average Bonchev–Trinajstić information content (AvgIpc) is 2.39. The number of hydrazone groups is 1. The van der Waals surface area contributed by atoms with Crippen molar-refractivity contribution in [3.8, 4) is 0 Å². The molecule has 1 N–H and O–H groups in total. The van der Waals surface area contributed by atoms with Crippen LogP contribution in [0.2, 0.25) is 0 Å². The third-order valence-electron chi connectivity index (χ3n) is 3.30. The third-order valence-corrected chi connectivity index (χ3v) is 3.30. The van der Waals surface area contributed by atoms with Crippen LogP contribution in [0.15, 0.2) is 34.3 Å². The summed E-state index contributed by atoms with van der Waals surface area (Å²) < 4.78 is 1.36. The number of nitrogens with one attached hydrogen (secondary N) is 1. The number of hydrogen-bond donors (Lipinski definition) is 1. The van der Waals surface area contributed by atoms with Crippen molar-refractivity contribution in [2.24, 2.45) is 11.0 Å². The van der Waals surface area contributed by atoms with E-state index >= 15 is 0 Å². The first kappa shape index (κ1) is 13.5. The van der Waals surface area contributed by atoms with Crippen molar-refractivity contribution >= 4 is 11.6 Å². The summed E-state index contributed by atoms with van der Waals surface area (Å²) in [5.74, 6) is 0.375. The number of carbonyl (C=O) groups excluding carboxylic acids is 1. The maximum atomic E-state index is 11.7. The Hall–Kier alpha value is -1.91. The van der Waals surface area contributed by atoms with Gasteiger partial charge in [-0.25, -0.2) is 5.43 Å². The van der Waals surface area contributed by atoms with E-state index in [0.717, 1.165) is 25.0 Å². The van der Waals surface area contributed by atoms with Crippen molar-refractivity contribution in [3.63, 3.8) is 0 Å². The number of rotatable bonds is 3. The van der Waals surface area contributed by atoms with E-state index < -0.39 is 0 Å². The Morgan fingerprint density at radius 1 is 1.53 bits per heavy atom. The molecule has 1 heterocycles. The summed E-state index contributed by atoms with van der Waals surface area (Å²) in [6.45, 7) is 2.20. The van der Waals surface area contributed by atoms with Gasteiger partial charge >= 0.3 is 0 Å². The average molecular weight is 261 g/mol. The third kappa shape index (κ3) is 4.05. The molecule has 1 atom stereocenters. The van der Waals surface area contributed by atoms with Crippen LogP contribution >= 0.6 is 0 Å². The van der Waals surface area contributed by atoms with Gasteiger partial charge in [-0.05, 0) is 37.7 Å². The van der Waals surface area contributed by atoms with E-state index in [1.165, 1.54) is 17.1 Å². The highest BCUT2D eigenvalue weighted by Gasteiger charge is 2.14. The Bertz CT molecular complexity index is 533. The molecule has 0 aromatic carbocycles. The molecule has 19 heavy (non-hydrogen) atoms. The first-order valence-corrected chi connectivity index (χ1v) is 6.65. The van der Waals surface area contributed by atoms with Crippen molar-refractivity contribution in [3.05, 3.63) is 34.7 Å². The molecule has 0 saturated heterocycles. The summed E-state index contributed by atoms with van der Waals surface area (Å²) in [7, 11) is 0. The first-order valence-electron chi connectivity index (χ1n) is 6.65. The smallest absolute Gasteiger partial charge is 0.260 e. The molecule has 5 nitrogen and oxygen atoms in total. The zero-order chi connectivity index (χ0) is 13.7. The minimum atomic E-state index is -0.265. The number of hydrogen-bond acceptors (Lipinski definition) is 3. The molecule has 0 spiro atoms. The van der Waals surface area contributed by atoms with Crippen LogP contribution in [0.3, 0.4) is 0 Å². The molecule has 1 amide bonds. The maximum absolute atomic E-state index is 11.7. The van der Waals surface area contributed by atoms with E-state index in [2.05, 4.69) is 17.5 Å². The predicted octanol–water partition coefficient (Wildman–Crippen LogP) is 1.53. The van der Waals surface area contributed by atoms with Gasteiger partial charge in [-0.15, -0.1) is 0 Å². The second kappa shape index (κ2) is 6.31. The van der Waals surface area contributed by atoms with Crippen molar-refractivity contribution in [2.75, 3.05) is 0 Å². The molecule has 1 aromatic rings. The van der Waals surface area contributed by atoms with Gasteiger partial charge in [0, 0.05) is 18.0 Å². The van der Waals surface area contributed by atoms with Crippen LogP contribution in [0.1, 0.15) is 32.6 Å². The van der Waals surface area contributed by atoms with Gasteiger partial charge in [0.25, 0.3) is 11.5 Å². The van der Waals surface area contributed by atoms with Gasteiger partial charge in [0.05, 0.1) is 0 Å². The minimum Gasteiger partial charge on any atom is -0.306 e. The lowest BCUT2D eigenvalue weighted by molar-refractivity contribution is -0.121. The predicted molar refractivity (Wildman–Crippen MR) is 73.9 cm³/mol. The lowest BCUT2D eigenvalue weighted by Gasteiger charge is -2.18. The number of aromatic nitrogens is 1. The molecule has 1 aromatic heterocycles. The molecule has 1 fully saturated rings. The molecule has 1 aliphatic rings. The van der Waals surface area contributed by atoms with E-state index in [1.54, 1.807) is 18.3 Å². The molecule has 0 radical (unpaired) electrons. The normalized spacial score (nSPS) is 21.3. The zero-order valence-electron chi connectivity index (χ0n) is 11.1. The minimum absolute atomic E-state index is 0.00596. The maximum Gasteiger partial charge on any atom is 0.260 e. The molecule has 0 aliphatic heterocycles. The fourth-order valence-electron chi connectivity index (χ4n) is 2.29. The van der Waals surface area contributed by atoms with Crippen LogP contribution in [0.25, 0.3) is 0 Å². The summed E-state index contributed by atoms with van der Waals surface area (Å²) in [6, 6.07) is 4.81. The van der Waals surface area contributed by atoms with Gasteiger partial charge in [0.1, 0.15) is 6.54 Å². The Morgan fingerprint density at radius 2 is 2.37 bits per heavy atom. The van der Waals surface area contributed by atoms with Gasteiger partial charge in [0.2, 0.25) is 0 Å². The first-order chi connectivity index (χ1) is 9.15. The van der Waals surface area contributed by atoms with Crippen LogP contribution < -0.4 is 11.0 Å². The highest BCUT2D eigenvalue weighted by molar-refractivity contribution is 5.87. The summed E-state index contributed by atoms with van der Waals surface area (Å²) >= 11 is 0. The SMILES string of the molecule is C[C@@H]1CCC/C(=N/NC(=O)Cn2ccccc2=O)C1. The molecule has 1 aliphatic carbocycles. The van der Waals surface area contributed by atoms with Crippen LogP contribution in [-0.4, -0.2) is 16.2 Å². The van der Waals surface area contributed by atoms with E-state index in [1.807, 2.05) is 0 Å². The number of pyridine rings is 1. The van der Waals surface area contributed by atoms with Crippen LogP contribution in [0, 0.1) is 5.92 Å². The summed E-state index contributed by atoms with van der Waals surface area (Å²) in [5, 5.41) is 4.16. The molecule has 2 rings (SSSR count). The molecule has 1 saturated carbocycles. The van der Waals surface area contributed by atoms with E-state index in [9.17, 15) is 9.59 Å². The molecular formula is C14H19N3O2. The van der Waals surface area contributed by atoms with Crippen LogP contribution in [0.4, 0.5) is 0 Å². The summed E-state index contributed by atoms with van der Waals surface area (Å²) in [4.78, 5) is 23.2. The number of amides is 1. The highest BCUT2D eigenvalue weighted by Crippen LogP contribution is 2.20. The Balaban J connectivity index is 1.90. The van der Waals surface area contributed by atoms with Gasteiger partial charge in [-0.1, -0.05) is 13.0 Å². The molecular weight excluding hydrogens is 242 g/mol. The van der Waals surface area contributed by atoms with Crippen molar-refractivity contribution in [1.29, 1.82) is 0 Å². The van der Waals surface area contributed by atoms with Gasteiger partial charge in [0.15, 0.2) is 0 Å². The summed E-state index contributed by atoms with van der Waals surface area (Å²) in [6.07, 6.45) is 5.86. The van der Waals surface area contributed by atoms with Crippen molar-refractivity contribution in [2.45, 2.75) is 39.2 Å². The van der Waals surface area contributed by atoms with E-state index in [0.29, 0.717) is 5.92 Å². The van der Waals surface area contributed by atoms with Gasteiger partial charge in [-0.3, -0.25) is 9.59 Å². The Morgan fingerprint density at radius 3 is 3.11 bits per heavy atom. The van der Waals surface area contributed by atoms with Crippen LogP contribution in [-0.2, 0) is 11.3 Å². The van der Waals surface area contributed by atoms with Crippen molar-refractivity contribution < 1.29 is 4.79 Å². The molecule has 0 bridgehead atoms. The highest BCUT2D eigenvalue weighted by atomic mass is 16.2. The zero-order valence-corrected chi connectivity index (χ0v) is 11.1. The van der Waals surface area contributed by atoms with Crippen molar-refractivity contribution in [1.82, 2.24) is 9.99 Å². The van der Waals surface area contributed by atoms with Gasteiger partial charge in [-0.2, -0.15) is 5.10 Å². The molecule has 0 unspecified atom stereocenters. The second-order valence-electron chi connectivity index (χ2n) is 5.08. The molecule has 102 valence electrons. The number of carbonyl (C=O) groups is 1. The topological polar surface area (TPSA) is 63.5 Å². The summed E-state index contributed by atoms with van der Waals surface area (Å²) in [5.41, 5.74) is 3.40. The Labute approximate surface area is 112 Å².